The zero-order valence-corrected chi connectivity index (χ0v) is 18.6. The van der Waals surface area contributed by atoms with Gasteiger partial charge in [-0.15, -0.1) is 0 Å². The molecule has 1 aromatic heterocycles. The number of nitro groups is 1. The average molecular weight is 453 g/mol. The molecular weight excluding hydrogens is 424 g/mol. The molecule has 0 unspecified atom stereocenters. The number of nitrogens with one attached hydrogen (secondary N) is 2. The van der Waals surface area contributed by atoms with Crippen molar-refractivity contribution in [2.24, 2.45) is 0 Å². The van der Waals surface area contributed by atoms with E-state index in [-0.39, 0.29) is 17.3 Å². The molecule has 1 fully saturated rings. The Kier molecular flexibility index (Phi) is 7.21. The summed E-state index contributed by atoms with van der Waals surface area (Å²) in [6.07, 6.45) is 2.10. The van der Waals surface area contributed by atoms with Gasteiger partial charge in [0.05, 0.1) is 4.92 Å². The van der Waals surface area contributed by atoms with Gasteiger partial charge >= 0.3 is 0 Å². The fourth-order valence-electron chi connectivity index (χ4n) is 4.05. The first-order chi connectivity index (χ1) is 16.0. The molecule has 9 nitrogen and oxygen atoms in total. The Balaban J connectivity index is 1.30. The summed E-state index contributed by atoms with van der Waals surface area (Å²) in [5.74, 6) is 0.424. The number of aromatic nitrogens is 1. The molecular formula is C24H28N4O5. The predicted molar refractivity (Wildman–Crippen MR) is 125 cm³/mol. The van der Waals surface area contributed by atoms with E-state index < -0.39 is 4.92 Å². The average Bonchev–Trinajstić information content (AvgIpc) is 3.28. The van der Waals surface area contributed by atoms with Crippen LogP contribution >= 0.6 is 0 Å². The van der Waals surface area contributed by atoms with Crippen LogP contribution in [-0.2, 0) is 11.3 Å². The Morgan fingerprint density at radius 2 is 2.03 bits per heavy atom. The molecule has 2 N–H and O–H groups in total. The number of likely N-dealkylation sites (N-methyl/N-ethyl adjacent to an activating group) is 1. The first kappa shape index (κ1) is 22.8. The summed E-state index contributed by atoms with van der Waals surface area (Å²) in [7, 11) is 2.12. The third-order valence-corrected chi connectivity index (χ3v) is 5.95. The van der Waals surface area contributed by atoms with Crippen molar-refractivity contribution in [2.75, 3.05) is 33.4 Å². The number of hydrogen-bond donors (Lipinski definition) is 2. The highest BCUT2D eigenvalue weighted by Gasteiger charge is 2.18. The molecule has 2 heterocycles. The van der Waals surface area contributed by atoms with Gasteiger partial charge in [-0.25, -0.2) is 0 Å². The van der Waals surface area contributed by atoms with Crippen LogP contribution in [0.15, 0.2) is 48.5 Å². The van der Waals surface area contributed by atoms with Gasteiger partial charge in [0.15, 0.2) is 0 Å². The quantitative estimate of drug-likeness (QED) is 0.380. The van der Waals surface area contributed by atoms with Crippen LogP contribution in [0.25, 0.3) is 10.9 Å². The zero-order chi connectivity index (χ0) is 23.2. The van der Waals surface area contributed by atoms with Crippen molar-refractivity contribution in [3.05, 3.63) is 69.9 Å². The number of benzene rings is 2. The van der Waals surface area contributed by atoms with Gasteiger partial charge in [-0.2, -0.15) is 0 Å². The molecule has 174 valence electrons. The topological polar surface area (TPSA) is 110 Å². The number of hydrogen-bond acceptors (Lipinski definition) is 6. The summed E-state index contributed by atoms with van der Waals surface area (Å²) in [6.45, 7) is 3.36. The standard InChI is InChI=1S/C24H28N4O5/c1-27(19-8-11-32-12-9-19)10-13-33-20-6-2-4-17(14-20)16-25-24(29)21-15-18-5-3-7-22(28(30)31)23(18)26-21/h2-7,14-15,19,26H,8-13,16H2,1H3,(H,25,29). The molecule has 3 aromatic rings. The molecule has 0 spiro atoms. The molecule has 0 saturated carbocycles. The largest absolute Gasteiger partial charge is 0.492 e. The van der Waals surface area contributed by atoms with Gasteiger partial charge in [-0.1, -0.05) is 24.3 Å². The Hall–Kier alpha value is -3.43. The lowest BCUT2D eigenvalue weighted by atomic mass is 10.1. The molecule has 9 heteroatoms. The number of para-hydroxylation sites is 1. The van der Waals surface area contributed by atoms with Crippen LogP contribution in [0.4, 0.5) is 5.69 Å². The molecule has 1 saturated heterocycles. The van der Waals surface area contributed by atoms with E-state index in [0.29, 0.717) is 30.1 Å². The van der Waals surface area contributed by atoms with Crippen molar-refractivity contribution in [1.82, 2.24) is 15.2 Å². The maximum absolute atomic E-state index is 12.6. The fourth-order valence-corrected chi connectivity index (χ4v) is 4.05. The lowest BCUT2D eigenvalue weighted by Gasteiger charge is -2.31. The summed E-state index contributed by atoms with van der Waals surface area (Å²) >= 11 is 0. The summed E-state index contributed by atoms with van der Waals surface area (Å²) in [5.41, 5.74) is 1.47. The van der Waals surface area contributed by atoms with Crippen molar-refractivity contribution in [2.45, 2.75) is 25.4 Å². The number of aromatic amines is 1. The van der Waals surface area contributed by atoms with Crippen molar-refractivity contribution >= 4 is 22.5 Å². The minimum absolute atomic E-state index is 0.0566. The van der Waals surface area contributed by atoms with Crippen LogP contribution in [0, 0.1) is 10.1 Å². The number of non-ortho nitro benzene ring substituents is 1. The highest BCUT2D eigenvalue weighted by Crippen LogP contribution is 2.25. The fraction of sp³-hybridized carbons (Fsp3) is 0.375. The van der Waals surface area contributed by atoms with Gasteiger partial charge in [0.25, 0.3) is 11.6 Å². The number of carbonyl (C=O) groups is 1. The molecule has 1 aliphatic rings. The Morgan fingerprint density at radius 1 is 1.24 bits per heavy atom. The monoisotopic (exact) mass is 452 g/mol. The highest BCUT2D eigenvalue weighted by molar-refractivity contribution is 6.00. The van der Waals surface area contributed by atoms with E-state index in [9.17, 15) is 14.9 Å². The van der Waals surface area contributed by atoms with Gasteiger partial charge < -0.3 is 19.8 Å². The first-order valence-corrected chi connectivity index (χ1v) is 11.1. The van der Waals surface area contributed by atoms with E-state index in [4.69, 9.17) is 9.47 Å². The van der Waals surface area contributed by atoms with Crippen LogP contribution in [0.3, 0.4) is 0 Å². The number of rotatable bonds is 9. The Bertz CT molecular complexity index is 1120. The summed E-state index contributed by atoms with van der Waals surface area (Å²) in [5, 5.41) is 14.7. The van der Waals surface area contributed by atoms with Crippen LogP contribution in [0.5, 0.6) is 5.75 Å². The third-order valence-electron chi connectivity index (χ3n) is 5.95. The van der Waals surface area contributed by atoms with E-state index in [1.54, 1.807) is 18.2 Å². The number of fused-ring (bicyclic) bond motifs is 1. The van der Waals surface area contributed by atoms with Gasteiger partial charge in [0.2, 0.25) is 0 Å². The second-order valence-corrected chi connectivity index (χ2v) is 8.18. The second kappa shape index (κ2) is 10.5. The number of H-pyrrole nitrogens is 1. The SMILES string of the molecule is CN(CCOc1cccc(CNC(=O)c2cc3cccc([N+](=O)[O-])c3[nH]2)c1)C1CCOCC1. The number of nitro benzene ring substituents is 1. The normalized spacial score (nSPS) is 14.5. The van der Waals surface area contributed by atoms with E-state index in [2.05, 4.69) is 22.2 Å². The minimum atomic E-state index is -0.465. The second-order valence-electron chi connectivity index (χ2n) is 8.18. The number of amides is 1. The van der Waals surface area contributed by atoms with Crippen LogP contribution in [-0.4, -0.2) is 60.2 Å². The maximum atomic E-state index is 12.6. The number of carbonyl (C=O) groups excluding carboxylic acids is 1. The predicted octanol–water partition coefficient (Wildman–Crippen LogP) is 3.50. The van der Waals surface area contributed by atoms with Crippen molar-refractivity contribution < 1.29 is 19.2 Å². The smallest absolute Gasteiger partial charge is 0.293 e. The number of ether oxygens (including phenoxy) is 2. The van der Waals surface area contributed by atoms with E-state index >= 15 is 0 Å². The van der Waals surface area contributed by atoms with E-state index in [0.717, 1.165) is 43.9 Å². The maximum Gasteiger partial charge on any atom is 0.293 e. The van der Waals surface area contributed by atoms with Crippen LogP contribution in [0.2, 0.25) is 0 Å². The van der Waals surface area contributed by atoms with Crippen molar-refractivity contribution in [3.8, 4) is 5.75 Å². The minimum Gasteiger partial charge on any atom is -0.492 e. The lowest BCUT2D eigenvalue weighted by Crippen LogP contribution is -2.38. The molecule has 0 atom stereocenters. The molecule has 2 aromatic carbocycles. The summed E-state index contributed by atoms with van der Waals surface area (Å²) < 4.78 is 11.3. The summed E-state index contributed by atoms with van der Waals surface area (Å²) in [6, 6.07) is 14.5. The van der Waals surface area contributed by atoms with Gasteiger partial charge in [-0.05, 0) is 43.7 Å². The Morgan fingerprint density at radius 3 is 2.82 bits per heavy atom. The van der Waals surface area contributed by atoms with Crippen LogP contribution in [0.1, 0.15) is 28.9 Å². The molecule has 33 heavy (non-hydrogen) atoms. The van der Waals surface area contributed by atoms with Crippen molar-refractivity contribution in [1.29, 1.82) is 0 Å². The van der Waals surface area contributed by atoms with Gasteiger partial charge in [0, 0.05) is 43.8 Å². The molecule has 0 radical (unpaired) electrons. The molecule has 0 bridgehead atoms. The lowest BCUT2D eigenvalue weighted by molar-refractivity contribution is -0.383. The van der Waals surface area contributed by atoms with Gasteiger partial charge in [0.1, 0.15) is 23.6 Å². The molecule has 0 aliphatic carbocycles. The van der Waals surface area contributed by atoms with E-state index in [1.165, 1.54) is 6.07 Å². The first-order valence-electron chi connectivity index (χ1n) is 11.1. The Labute approximate surface area is 191 Å². The van der Waals surface area contributed by atoms with E-state index in [1.807, 2.05) is 24.3 Å². The molecule has 1 aliphatic heterocycles. The summed E-state index contributed by atoms with van der Waals surface area (Å²) in [4.78, 5) is 28.5. The van der Waals surface area contributed by atoms with Crippen molar-refractivity contribution in [3.63, 3.8) is 0 Å². The molecule has 4 rings (SSSR count). The van der Waals surface area contributed by atoms with Crippen LogP contribution < -0.4 is 10.1 Å². The third kappa shape index (κ3) is 5.68. The highest BCUT2D eigenvalue weighted by atomic mass is 16.6. The van der Waals surface area contributed by atoms with Gasteiger partial charge in [-0.3, -0.25) is 19.8 Å². The number of nitrogens with zero attached hydrogens (tertiary/aromatic N) is 2. The zero-order valence-electron chi connectivity index (χ0n) is 18.6. The molecule has 1 amide bonds.